The summed E-state index contributed by atoms with van der Waals surface area (Å²) in [7, 11) is 3.24. The summed E-state index contributed by atoms with van der Waals surface area (Å²) >= 11 is 0. The Labute approximate surface area is 108 Å². The lowest BCUT2D eigenvalue weighted by Gasteiger charge is -2.18. The van der Waals surface area contributed by atoms with Gasteiger partial charge in [0.15, 0.2) is 0 Å². The van der Waals surface area contributed by atoms with Crippen LogP contribution >= 0.6 is 0 Å². The largest absolute Gasteiger partial charge is 0.497 e. The summed E-state index contributed by atoms with van der Waals surface area (Å²) in [6.07, 6.45) is 0.985. The van der Waals surface area contributed by atoms with Gasteiger partial charge in [0.25, 0.3) is 0 Å². The monoisotopic (exact) mass is 254 g/mol. The summed E-state index contributed by atoms with van der Waals surface area (Å²) in [5, 5.41) is 0. The van der Waals surface area contributed by atoms with Gasteiger partial charge in [-0.25, -0.2) is 0 Å². The van der Waals surface area contributed by atoms with Crippen molar-refractivity contribution in [3.8, 4) is 11.5 Å². The van der Waals surface area contributed by atoms with E-state index in [1.165, 1.54) is 0 Å². The fourth-order valence-electron chi connectivity index (χ4n) is 1.62. The third kappa shape index (κ3) is 4.18. The molecule has 1 atom stereocenters. The highest BCUT2D eigenvalue weighted by atomic mass is 16.5. The number of ether oxygens (including phenoxy) is 3. The number of methoxy groups -OCH3 is 2. The van der Waals surface area contributed by atoms with E-state index in [9.17, 15) is 0 Å². The molecular weight excluding hydrogens is 232 g/mol. The molecule has 5 nitrogen and oxygen atoms in total. The minimum atomic E-state index is -0.0828. The minimum Gasteiger partial charge on any atom is -0.497 e. The van der Waals surface area contributed by atoms with Crippen LogP contribution in [0.25, 0.3) is 0 Å². The maximum atomic E-state index is 5.56. The summed E-state index contributed by atoms with van der Waals surface area (Å²) in [5.41, 5.74) is 3.72. The summed E-state index contributed by atoms with van der Waals surface area (Å²) < 4.78 is 16.0. The molecule has 3 N–H and O–H groups in total. The lowest BCUT2D eigenvalue weighted by molar-refractivity contribution is 0.112. The number of hydrazine groups is 1. The fraction of sp³-hybridized carbons (Fsp3) is 0.538. The van der Waals surface area contributed by atoms with Crippen molar-refractivity contribution in [1.82, 2.24) is 5.43 Å². The van der Waals surface area contributed by atoms with Crippen LogP contribution < -0.4 is 20.7 Å². The predicted molar refractivity (Wildman–Crippen MR) is 70.7 cm³/mol. The minimum absolute atomic E-state index is 0.0828. The van der Waals surface area contributed by atoms with Gasteiger partial charge >= 0.3 is 0 Å². The van der Waals surface area contributed by atoms with E-state index in [4.69, 9.17) is 20.1 Å². The number of hydrogen-bond acceptors (Lipinski definition) is 5. The number of benzene rings is 1. The van der Waals surface area contributed by atoms with Gasteiger partial charge in [-0.05, 0) is 24.1 Å². The molecule has 0 saturated heterocycles. The van der Waals surface area contributed by atoms with Crippen molar-refractivity contribution in [3.63, 3.8) is 0 Å². The summed E-state index contributed by atoms with van der Waals surface area (Å²) in [4.78, 5) is 0. The maximum Gasteiger partial charge on any atom is 0.122 e. The zero-order valence-electron chi connectivity index (χ0n) is 11.2. The standard InChI is InChI=1S/C13H22N2O3/c1-4-5-18-9-13(15-14)10-6-11(16-2)8-12(7-10)17-3/h6-8,13,15H,4-5,9,14H2,1-3H3. The second-order valence-electron chi connectivity index (χ2n) is 3.94. The van der Waals surface area contributed by atoms with Crippen LogP contribution in [-0.2, 0) is 4.74 Å². The number of rotatable bonds is 8. The van der Waals surface area contributed by atoms with Gasteiger partial charge in [0.05, 0.1) is 26.9 Å². The van der Waals surface area contributed by atoms with Gasteiger partial charge in [0.2, 0.25) is 0 Å². The molecule has 1 aromatic rings. The van der Waals surface area contributed by atoms with Crippen LogP contribution in [0.15, 0.2) is 18.2 Å². The van der Waals surface area contributed by atoms with Crippen molar-refractivity contribution in [3.05, 3.63) is 23.8 Å². The highest BCUT2D eigenvalue weighted by molar-refractivity contribution is 5.39. The van der Waals surface area contributed by atoms with E-state index in [-0.39, 0.29) is 6.04 Å². The molecule has 0 heterocycles. The average Bonchev–Trinajstić information content (AvgIpc) is 2.43. The molecule has 0 saturated carbocycles. The normalized spacial score (nSPS) is 12.2. The molecule has 0 aliphatic heterocycles. The molecule has 0 fully saturated rings. The van der Waals surface area contributed by atoms with E-state index in [0.717, 1.165) is 30.1 Å². The molecule has 0 amide bonds. The zero-order chi connectivity index (χ0) is 13.4. The Bertz CT molecular complexity index is 336. The van der Waals surface area contributed by atoms with Crippen molar-refractivity contribution in [2.45, 2.75) is 19.4 Å². The fourth-order valence-corrected chi connectivity index (χ4v) is 1.62. The molecule has 0 aromatic heterocycles. The molecule has 5 heteroatoms. The van der Waals surface area contributed by atoms with Crippen LogP contribution in [0.4, 0.5) is 0 Å². The van der Waals surface area contributed by atoms with Gasteiger partial charge in [-0.15, -0.1) is 0 Å². The topological polar surface area (TPSA) is 65.7 Å². The molecule has 0 radical (unpaired) electrons. The van der Waals surface area contributed by atoms with Gasteiger partial charge in [0, 0.05) is 12.7 Å². The highest BCUT2D eigenvalue weighted by Gasteiger charge is 2.12. The maximum absolute atomic E-state index is 5.56. The van der Waals surface area contributed by atoms with E-state index >= 15 is 0 Å². The number of nitrogens with one attached hydrogen (secondary N) is 1. The van der Waals surface area contributed by atoms with Crippen molar-refractivity contribution in [2.75, 3.05) is 27.4 Å². The first-order chi connectivity index (χ1) is 8.74. The van der Waals surface area contributed by atoms with Crippen molar-refractivity contribution >= 4 is 0 Å². The van der Waals surface area contributed by atoms with Crippen LogP contribution in [-0.4, -0.2) is 27.4 Å². The third-order valence-electron chi connectivity index (χ3n) is 2.61. The van der Waals surface area contributed by atoms with Crippen molar-refractivity contribution in [2.24, 2.45) is 5.84 Å². The van der Waals surface area contributed by atoms with Crippen molar-refractivity contribution in [1.29, 1.82) is 0 Å². The SMILES string of the molecule is CCCOCC(NN)c1cc(OC)cc(OC)c1. The van der Waals surface area contributed by atoms with Gasteiger partial charge in [-0.3, -0.25) is 11.3 Å². The molecule has 0 aliphatic rings. The van der Waals surface area contributed by atoms with E-state index in [2.05, 4.69) is 12.3 Å². The molecule has 102 valence electrons. The Morgan fingerprint density at radius 2 is 1.78 bits per heavy atom. The van der Waals surface area contributed by atoms with Gasteiger partial charge in [-0.1, -0.05) is 6.92 Å². The molecular formula is C13H22N2O3. The summed E-state index contributed by atoms with van der Waals surface area (Å²) in [6, 6.07) is 5.58. The average molecular weight is 254 g/mol. The van der Waals surface area contributed by atoms with Gasteiger partial charge in [-0.2, -0.15) is 0 Å². The van der Waals surface area contributed by atoms with E-state index in [0.29, 0.717) is 6.61 Å². The Hall–Kier alpha value is -1.30. The first-order valence-corrected chi connectivity index (χ1v) is 6.02. The Morgan fingerprint density at radius 3 is 2.22 bits per heavy atom. The molecule has 0 aliphatic carbocycles. The smallest absolute Gasteiger partial charge is 0.122 e. The first-order valence-electron chi connectivity index (χ1n) is 6.02. The molecule has 1 aromatic carbocycles. The zero-order valence-corrected chi connectivity index (χ0v) is 11.2. The van der Waals surface area contributed by atoms with Crippen LogP contribution in [0.5, 0.6) is 11.5 Å². The van der Waals surface area contributed by atoms with Crippen molar-refractivity contribution < 1.29 is 14.2 Å². The molecule has 1 unspecified atom stereocenters. The van der Waals surface area contributed by atoms with Crippen LogP contribution in [0.3, 0.4) is 0 Å². The van der Waals surface area contributed by atoms with Gasteiger partial charge < -0.3 is 14.2 Å². The Kier molecular flexibility index (Phi) is 6.49. The van der Waals surface area contributed by atoms with Crippen LogP contribution in [0.1, 0.15) is 24.9 Å². The lowest BCUT2D eigenvalue weighted by Crippen LogP contribution is -2.31. The second kappa shape index (κ2) is 7.92. The second-order valence-corrected chi connectivity index (χ2v) is 3.94. The molecule has 0 spiro atoms. The van der Waals surface area contributed by atoms with Gasteiger partial charge in [0.1, 0.15) is 11.5 Å². The number of hydrogen-bond donors (Lipinski definition) is 2. The first kappa shape index (κ1) is 14.8. The predicted octanol–water partition coefficient (Wildman–Crippen LogP) is 1.63. The van der Waals surface area contributed by atoms with Crippen LogP contribution in [0, 0.1) is 0 Å². The third-order valence-corrected chi connectivity index (χ3v) is 2.61. The quantitative estimate of drug-likeness (QED) is 0.419. The van der Waals surface area contributed by atoms with E-state index in [1.807, 2.05) is 18.2 Å². The van der Waals surface area contributed by atoms with E-state index < -0.39 is 0 Å². The van der Waals surface area contributed by atoms with E-state index in [1.54, 1.807) is 14.2 Å². The molecule has 18 heavy (non-hydrogen) atoms. The molecule has 1 rings (SSSR count). The Balaban J connectivity index is 2.83. The lowest BCUT2D eigenvalue weighted by atomic mass is 10.1. The summed E-state index contributed by atoms with van der Waals surface area (Å²) in [5.74, 6) is 7.03. The molecule has 0 bridgehead atoms. The number of nitrogens with two attached hydrogens (primary N) is 1. The van der Waals surface area contributed by atoms with Crippen LogP contribution in [0.2, 0.25) is 0 Å². The highest BCUT2D eigenvalue weighted by Crippen LogP contribution is 2.26. The Morgan fingerprint density at radius 1 is 1.17 bits per heavy atom. The summed E-state index contributed by atoms with van der Waals surface area (Å²) in [6.45, 7) is 3.30.